The van der Waals surface area contributed by atoms with Crippen molar-refractivity contribution in [3.63, 3.8) is 0 Å². The first-order chi connectivity index (χ1) is 15.4. The normalized spacial score (nSPS) is 11.0. The number of fused-ring (bicyclic) bond motifs is 1. The van der Waals surface area contributed by atoms with Gasteiger partial charge in [-0.1, -0.05) is 50.2 Å². The SMILES string of the molecule is CCc1cccc(CC)c1NC(=O)c1ccc(-c2cc(=O)c3cc(C)cc(C)c3o2)cc1. The van der Waals surface area contributed by atoms with E-state index in [2.05, 4.69) is 19.2 Å². The molecular weight excluding hydrogens is 398 g/mol. The Labute approximate surface area is 187 Å². The Morgan fingerprint density at radius 3 is 2.19 bits per heavy atom. The van der Waals surface area contributed by atoms with Crippen LogP contribution in [-0.4, -0.2) is 5.91 Å². The third kappa shape index (κ3) is 4.09. The largest absolute Gasteiger partial charge is 0.456 e. The quantitative estimate of drug-likeness (QED) is 0.399. The average molecular weight is 426 g/mol. The van der Waals surface area contributed by atoms with Crippen molar-refractivity contribution in [3.8, 4) is 11.3 Å². The van der Waals surface area contributed by atoms with E-state index >= 15 is 0 Å². The second-order valence-corrected chi connectivity index (χ2v) is 8.12. The van der Waals surface area contributed by atoms with Crippen LogP contribution in [0.4, 0.5) is 5.69 Å². The van der Waals surface area contributed by atoms with Crippen LogP contribution in [-0.2, 0) is 12.8 Å². The molecule has 0 radical (unpaired) electrons. The third-order valence-electron chi connectivity index (χ3n) is 5.83. The minimum atomic E-state index is -0.154. The van der Waals surface area contributed by atoms with Crippen LogP contribution in [0.5, 0.6) is 0 Å². The fraction of sp³-hybridized carbons (Fsp3) is 0.214. The van der Waals surface area contributed by atoms with Crippen LogP contribution in [0.1, 0.15) is 46.5 Å². The summed E-state index contributed by atoms with van der Waals surface area (Å²) in [5.41, 5.74) is 6.94. The highest BCUT2D eigenvalue weighted by molar-refractivity contribution is 6.05. The number of rotatable bonds is 5. The minimum absolute atomic E-state index is 0.0712. The predicted molar refractivity (Wildman–Crippen MR) is 131 cm³/mol. The molecule has 0 aliphatic carbocycles. The highest BCUT2D eigenvalue weighted by Crippen LogP contribution is 2.27. The lowest BCUT2D eigenvalue weighted by molar-refractivity contribution is 0.102. The summed E-state index contributed by atoms with van der Waals surface area (Å²) in [6.45, 7) is 8.07. The summed E-state index contributed by atoms with van der Waals surface area (Å²) in [5.74, 6) is 0.337. The van der Waals surface area contributed by atoms with Crippen LogP contribution in [0, 0.1) is 13.8 Å². The fourth-order valence-corrected chi connectivity index (χ4v) is 4.13. The van der Waals surface area contributed by atoms with Crippen LogP contribution in [0.3, 0.4) is 0 Å². The Kier molecular flexibility index (Phi) is 5.95. The van der Waals surface area contributed by atoms with Crippen LogP contribution in [0.2, 0.25) is 0 Å². The topological polar surface area (TPSA) is 59.3 Å². The molecule has 0 unspecified atom stereocenters. The van der Waals surface area contributed by atoms with E-state index in [9.17, 15) is 9.59 Å². The van der Waals surface area contributed by atoms with Gasteiger partial charge in [-0.2, -0.15) is 0 Å². The van der Waals surface area contributed by atoms with E-state index in [0.29, 0.717) is 22.3 Å². The number of anilines is 1. The van der Waals surface area contributed by atoms with Crippen molar-refractivity contribution in [2.45, 2.75) is 40.5 Å². The number of aryl methyl sites for hydroxylation is 4. The average Bonchev–Trinajstić information content (AvgIpc) is 2.79. The van der Waals surface area contributed by atoms with Crippen LogP contribution < -0.4 is 10.7 Å². The van der Waals surface area contributed by atoms with Gasteiger partial charge in [-0.3, -0.25) is 9.59 Å². The van der Waals surface area contributed by atoms with Crippen molar-refractivity contribution >= 4 is 22.6 Å². The lowest BCUT2D eigenvalue weighted by Crippen LogP contribution is -2.14. The highest BCUT2D eigenvalue weighted by atomic mass is 16.3. The zero-order valence-electron chi connectivity index (χ0n) is 18.9. The second-order valence-electron chi connectivity index (χ2n) is 8.12. The van der Waals surface area contributed by atoms with E-state index in [1.54, 1.807) is 12.1 Å². The maximum Gasteiger partial charge on any atom is 0.255 e. The molecule has 4 rings (SSSR count). The molecular formula is C28H27NO3. The zero-order chi connectivity index (χ0) is 22.8. The Morgan fingerprint density at radius 2 is 1.56 bits per heavy atom. The number of carbonyl (C=O) groups is 1. The summed E-state index contributed by atoms with van der Waals surface area (Å²) >= 11 is 0. The third-order valence-corrected chi connectivity index (χ3v) is 5.83. The van der Waals surface area contributed by atoms with Gasteiger partial charge in [0.05, 0.1) is 5.39 Å². The van der Waals surface area contributed by atoms with E-state index in [1.807, 2.05) is 56.3 Å². The summed E-state index contributed by atoms with van der Waals surface area (Å²) < 4.78 is 6.07. The first-order valence-electron chi connectivity index (χ1n) is 11.0. The number of hydrogen-bond acceptors (Lipinski definition) is 3. The molecule has 32 heavy (non-hydrogen) atoms. The van der Waals surface area contributed by atoms with Gasteiger partial charge in [0.25, 0.3) is 5.91 Å². The van der Waals surface area contributed by atoms with Crippen molar-refractivity contribution in [2.24, 2.45) is 0 Å². The smallest absolute Gasteiger partial charge is 0.255 e. The van der Waals surface area contributed by atoms with Crippen molar-refractivity contribution in [2.75, 3.05) is 5.32 Å². The van der Waals surface area contributed by atoms with E-state index in [4.69, 9.17) is 4.42 Å². The van der Waals surface area contributed by atoms with E-state index in [-0.39, 0.29) is 11.3 Å². The Hall–Kier alpha value is -3.66. The molecule has 1 N–H and O–H groups in total. The van der Waals surface area contributed by atoms with Gasteiger partial charge in [0.2, 0.25) is 0 Å². The molecule has 0 saturated carbocycles. The lowest BCUT2D eigenvalue weighted by Gasteiger charge is -2.14. The molecule has 3 aromatic carbocycles. The minimum Gasteiger partial charge on any atom is -0.456 e. The van der Waals surface area contributed by atoms with Crippen molar-refractivity contribution < 1.29 is 9.21 Å². The number of hydrogen-bond donors (Lipinski definition) is 1. The van der Waals surface area contributed by atoms with Crippen molar-refractivity contribution in [3.05, 3.63) is 98.7 Å². The van der Waals surface area contributed by atoms with E-state index < -0.39 is 0 Å². The molecule has 162 valence electrons. The van der Waals surface area contributed by atoms with Gasteiger partial charge in [-0.05, 0) is 67.1 Å². The molecule has 0 spiro atoms. The number of benzene rings is 3. The molecule has 0 bridgehead atoms. The summed E-state index contributed by atoms with van der Waals surface area (Å²) in [4.78, 5) is 25.6. The summed E-state index contributed by atoms with van der Waals surface area (Å²) in [6.07, 6.45) is 1.70. The molecule has 4 aromatic rings. The predicted octanol–water partition coefficient (Wildman–Crippen LogP) is 6.45. The molecule has 1 amide bonds. The van der Waals surface area contributed by atoms with Gasteiger partial charge in [0.15, 0.2) is 5.43 Å². The fourth-order valence-electron chi connectivity index (χ4n) is 4.13. The molecule has 4 heteroatoms. The first-order valence-corrected chi connectivity index (χ1v) is 11.0. The molecule has 0 aliphatic heterocycles. The van der Waals surface area contributed by atoms with Crippen LogP contribution >= 0.6 is 0 Å². The maximum absolute atomic E-state index is 12.9. The number of para-hydroxylation sites is 1. The Bertz CT molecular complexity index is 1340. The Morgan fingerprint density at radius 1 is 0.906 bits per heavy atom. The van der Waals surface area contributed by atoms with Crippen molar-refractivity contribution in [1.29, 1.82) is 0 Å². The van der Waals surface area contributed by atoms with Gasteiger partial charge in [-0.25, -0.2) is 0 Å². The van der Waals surface area contributed by atoms with Gasteiger partial charge in [0, 0.05) is 22.9 Å². The van der Waals surface area contributed by atoms with Crippen LogP contribution in [0.25, 0.3) is 22.3 Å². The lowest BCUT2D eigenvalue weighted by atomic mass is 10.0. The summed E-state index contributed by atoms with van der Waals surface area (Å²) in [5, 5.41) is 3.68. The molecule has 0 fully saturated rings. The molecule has 4 nitrogen and oxygen atoms in total. The molecule has 0 atom stereocenters. The van der Waals surface area contributed by atoms with E-state index in [1.165, 1.54) is 6.07 Å². The van der Waals surface area contributed by atoms with Gasteiger partial charge in [-0.15, -0.1) is 0 Å². The zero-order valence-corrected chi connectivity index (χ0v) is 18.9. The Balaban J connectivity index is 1.64. The molecule has 0 saturated heterocycles. The first kappa shape index (κ1) is 21.6. The standard InChI is InChI=1S/C28H27NO3/c1-5-19-8-7-9-20(6-2)26(19)29-28(31)22-12-10-21(11-13-22)25-16-24(30)23-15-17(3)14-18(4)27(23)32-25/h7-16H,5-6H2,1-4H3,(H,29,31). The van der Waals surface area contributed by atoms with Gasteiger partial charge >= 0.3 is 0 Å². The van der Waals surface area contributed by atoms with Crippen LogP contribution in [0.15, 0.2) is 69.9 Å². The second kappa shape index (κ2) is 8.83. The van der Waals surface area contributed by atoms with Gasteiger partial charge in [0.1, 0.15) is 11.3 Å². The number of carbonyl (C=O) groups excluding carboxylic acids is 1. The molecule has 1 aromatic heterocycles. The molecule has 1 heterocycles. The summed E-state index contributed by atoms with van der Waals surface area (Å²) in [7, 11) is 0. The summed E-state index contributed by atoms with van der Waals surface area (Å²) in [6, 6.07) is 18.6. The van der Waals surface area contributed by atoms with Crippen molar-refractivity contribution in [1.82, 2.24) is 0 Å². The van der Waals surface area contributed by atoms with Gasteiger partial charge < -0.3 is 9.73 Å². The number of nitrogens with one attached hydrogen (secondary N) is 1. The van der Waals surface area contributed by atoms with E-state index in [0.717, 1.165) is 46.3 Å². The molecule has 0 aliphatic rings. The monoisotopic (exact) mass is 425 g/mol. The highest BCUT2D eigenvalue weighted by Gasteiger charge is 2.14. The number of amides is 1. The maximum atomic E-state index is 12.9.